The topological polar surface area (TPSA) is 44.3 Å². The molecule has 1 aromatic carbocycles. The zero-order chi connectivity index (χ0) is 12.1. The molecule has 3 N–H and O–H groups in total. The number of aliphatic hydroxyl groups excluding tert-OH is 1. The van der Waals surface area contributed by atoms with Crippen LogP contribution in [0.15, 0.2) is 18.2 Å². The fraction of sp³-hybridized carbons (Fsp3) is 0.364. The average molecular weight is 259 g/mol. The van der Waals surface area contributed by atoms with E-state index >= 15 is 0 Å². The molecule has 0 aromatic heterocycles. The molecule has 3 nitrogen and oxygen atoms in total. The molecule has 0 saturated carbocycles. The van der Waals surface area contributed by atoms with Crippen molar-refractivity contribution >= 4 is 34.6 Å². The highest BCUT2D eigenvalue weighted by molar-refractivity contribution is 7.80. The van der Waals surface area contributed by atoms with Crippen LogP contribution < -0.4 is 10.6 Å². The molecule has 1 atom stereocenters. The van der Waals surface area contributed by atoms with Crippen molar-refractivity contribution in [3.63, 3.8) is 0 Å². The Morgan fingerprint density at radius 2 is 2.25 bits per heavy atom. The van der Waals surface area contributed by atoms with Crippen molar-refractivity contribution in [3.05, 3.63) is 28.8 Å². The van der Waals surface area contributed by atoms with E-state index in [1.54, 1.807) is 6.92 Å². The van der Waals surface area contributed by atoms with Gasteiger partial charge in [0.15, 0.2) is 5.11 Å². The van der Waals surface area contributed by atoms with Crippen LogP contribution in [0.3, 0.4) is 0 Å². The molecule has 0 radical (unpaired) electrons. The minimum Gasteiger partial charge on any atom is -0.392 e. The number of aliphatic hydroxyl groups is 1. The van der Waals surface area contributed by atoms with E-state index in [1.807, 2.05) is 25.1 Å². The molecule has 0 amide bonds. The van der Waals surface area contributed by atoms with Crippen molar-refractivity contribution < 1.29 is 5.11 Å². The largest absolute Gasteiger partial charge is 0.392 e. The van der Waals surface area contributed by atoms with Crippen molar-refractivity contribution in [3.8, 4) is 0 Å². The first kappa shape index (κ1) is 13.2. The summed E-state index contributed by atoms with van der Waals surface area (Å²) in [5, 5.41) is 16.2. The first-order valence-electron chi connectivity index (χ1n) is 4.98. The molecule has 5 heteroatoms. The Morgan fingerprint density at radius 3 is 2.88 bits per heavy atom. The molecule has 0 aliphatic carbocycles. The van der Waals surface area contributed by atoms with Gasteiger partial charge >= 0.3 is 0 Å². The smallest absolute Gasteiger partial charge is 0.170 e. The summed E-state index contributed by atoms with van der Waals surface area (Å²) in [5.74, 6) is 0. The Bertz CT molecular complexity index is 382. The minimum atomic E-state index is -0.430. The van der Waals surface area contributed by atoms with Crippen molar-refractivity contribution in [1.29, 1.82) is 0 Å². The summed E-state index contributed by atoms with van der Waals surface area (Å²) in [7, 11) is 0. The summed E-state index contributed by atoms with van der Waals surface area (Å²) < 4.78 is 0. The van der Waals surface area contributed by atoms with Crippen LogP contribution in [0.25, 0.3) is 0 Å². The molecule has 0 saturated heterocycles. The van der Waals surface area contributed by atoms with Gasteiger partial charge in [0.25, 0.3) is 0 Å². The molecule has 0 spiro atoms. The van der Waals surface area contributed by atoms with E-state index in [2.05, 4.69) is 10.6 Å². The molecule has 16 heavy (non-hydrogen) atoms. The molecular weight excluding hydrogens is 244 g/mol. The van der Waals surface area contributed by atoms with Crippen molar-refractivity contribution in [1.82, 2.24) is 5.32 Å². The van der Waals surface area contributed by atoms with Gasteiger partial charge in [0.1, 0.15) is 0 Å². The number of anilines is 1. The van der Waals surface area contributed by atoms with E-state index in [0.29, 0.717) is 16.7 Å². The number of benzene rings is 1. The Balaban J connectivity index is 2.59. The third-order valence-corrected chi connectivity index (χ3v) is 2.73. The fourth-order valence-electron chi connectivity index (χ4n) is 1.15. The quantitative estimate of drug-likeness (QED) is 0.728. The lowest BCUT2D eigenvalue weighted by Gasteiger charge is -2.13. The SMILES string of the molecule is Cc1c(Cl)cccc1NC(=S)NC[C@@H](C)O. The third-order valence-electron chi connectivity index (χ3n) is 2.07. The summed E-state index contributed by atoms with van der Waals surface area (Å²) >= 11 is 11.1. The summed E-state index contributed by atoms with van der Waals surface area (Å²) in [6.07, 6.45) is -0.430. The highest BCUT2D eigenvalue weighted by Gasteiger charge is 2.04. The van der Waals surface area contributed by atoms with Crippen LogP contribution in [0.1, 0.15) is 12.5 Å². The molecule has 0 heterocycles. The van der Waals surface area contributed by atoms with E-state index in [0.717, 1.165) is 11.3 Å². The van der Waals surface area contributed by atoms with Crippen LogP contribution in [0.4, 0.5) is 5.69 Å². The Hall–Kier alpha value is -0.840. The summed E-state index contributed by atoms with van der Waals surface area (Å²) in [4.78, 5) is 0. The number of hydrogen-bond donors (Lipinski definition) is 3. The van der Waals surface area contributed by atoms with Crippen LogP contribution in [0.2, 0.25) is 5.02 Å². The number of rotatable bonds is 3. The standard InChI is InChI=1S/C11H15ClN2OS/c1-7(15)6-13-11(16)14-10-5-3-4-9(12)8(10)2/h3-5,7,15H,6H2,1-2H3,(H2,13,14,16)/t7-/m1/s1. The number of thiocarbonyl (C=S) groups is 1. The normalized spacial score (nSPS) is 12.0. The predicted octanol–water partition coefficient (Wildman–Crippen LogP) is 2.32. The highest BCUT2D eigenvalue weighted by Crippen LogP contribution is 2.22. The van der Waals surface area contributed by atoms with Gasteiger partial charge in [-0.25, -0.2) is 0 Å². The summed E-state index contributed by atoms with van der Waals surface area (Å²) in [6, 6.07) is 5.58. The second-order valence-electron chi connectivity index (χ2n) is 3.60. The Labute approximate surface area is 106 Å². The molecule has 0 unspecified atom stereocenters. The molecule has 0 fully saturated rings. The van der Waals surface area contributed by atoms with E-state index in [9.17, 15) is 0 Å². The molecule has 0 aliphatic rings. The van der Waals surface area contributed by atoms with Gasteiger partial charge in [-0.2, -0.15) is 0 Å². The van der Waals surface area contributed by atoms with Crippen LogP contribution in [-0.4, -0.2) is 22.9 Å². The number of halogens is 1. The molecule has 0 bridgehead atoms. The van der Waals surface area contributed by atoms with Crippen LogP contribution >= 0.6 is 23.8 Å². The first-order chi connectivity index (χ1) is 7.50. The monoisotopic (exact) mass is 258 g/mol. The van der Waals surface area contributed by atoms with Gasteiger partial charge in [-0.1, -0.05) is 17.7 Å². The van der Waals surface area contributed by atoms with Crippen LogP contribution in [-0.2, 0) is 0 Å². The average Bonchev–Trinajstić information content (AvgIpc) is 2.22. The number of hydrogen-bond acceptors (Lipinski definition) is 2. The molecule has 1 rings (SSSR count). The first-order valence-corrected chi connectivity index (χ1v) is 5.77. The molecule has 1 aromatic rings. The van der Waals surface area contributed by atoms with Gasteiger partial charge in [0.05, 0.1) is 6.10 Å². The lowest BCUT2D eigenvalue weighted by molar-refractivity contribution is 0.198. The van der Waals surface area contributed by atoms with Gasteiger partial charge in [-0.3, -0.25) is 0 Å². The van der Waals surface area contributed by atoms with E-state index in [1.165, 1.54) is 0 Å². The lowest BCUT2D eigenvalue weighted by Crippen LogP contribution is -2.34. The van der Waals surface area contributed by atoms with Crippen LogP contribution in [0.5, 0.6) is 0 Å². The van der Waals surface area contributed by atoms with Gasteiger partial charge in [-0.15, -0.1) is 0 Å². The summed E-state index contributed by atoms with van der Waals surface area (Å²) in [6.45, 7) is 4.04. The maximum absolute atomic E-state index is 9.10. The van der Waals surface area contributed by atoms with Gasteiger partial charge in [0, 0.05) is 17.3 Å². The lowest BCUT2D eigenvalue weighted by atomic mass is 10.2. The van der Waals surface area contributed by atoms with Crippen molar-refractivity contribution in [2.24, 2.45) is 0 Å². The maximum atomic E-state index is 9.10. The van der Waals surface area contributed by atoms with E-state index < -0.39 is 6.10 Å². The second kappa shape index (κ2) is 6.03. The van der Waals surface area contributed by atoms with Gasteiger partial charge < -0.3 is 15.7 Å². The minimum absolute atomic E-state index is 0.422. The number of nitrogens with one attached hydrogen (secondary N) is 2. The van der Waals surface area contributed by atoms with Crippen LogP contribution in [0, 0.1) is 6.92 Å². The highest BCUT2D eigenvalue weighted by atomic mass is 35.5. The third kappa shape index (κ3) is 3.96. The van der Waals surface area contributed by atoms with Gasteiger partial charge in [0.2, 0.25) is 0 Å². The fourth-order valence-corrected chi connectivity index (χ4v) is 1.52. The van der Waals surface area contributed by atoms with Crippen molar-refractivity contribution in [2.45, 2.75) is 20.0 Å². The van der Waals surface area contributed by atoms with E-state index in [-0.39, 0.29) is 0 Å². The van der Waals surface area contributed by atoms with Crippen molar-refractivity contribution in [2.75, 3.05) is 11.9 Å². The predicted molar refractivity (Wildman–Crippen MR) is 72.1 cm³/mol. The maximum Gasteiger partial charge on any atom is 0.170 e. The molecule has 88 valence electrons. The Morgan fingerprint density at radius 1 is 1.56 bits per heavy atom. The molecule has 0 aliphatic heterocycles. The zero-order valence-electron chi connectivity index (χ0n) is 9.25. The Kier molecular flexibility index (Phi) is 4.99. The zero-order valence-corrected chi connectivity index (χ0v) is 10.8. The van der Waals surface area contributed by atoms with Gasteiger partial charge in [-0.05, 0) is 43.8 Å². The molecular formula is C11H15ClN2OS. The van der Waals surface area contributed by atoms with E-state index in [4.69, 9.17) is 28.9 Å². The summed E-state index contributed by atoms with van der Waals surface area (Å²) in [5.41, 5.74) is 1.82. The second-order valence-corrected chi connectivity index (χ2v) is 4.41.